The lowest BCUT2D eigenvalue weighted by molar-refractivity contribution is -0.122. The van der Waals surface area contributed by atoms with Gasteiger partial charge in [0.2, 0.25) is 11.8 Å². The molecule has 3 rings (SSSR count). The third kappa shape index (κ3) is 4.31. The molecule has 0 aliphatic heterocycles. The maximum absolute atomic E-state index is 13.2. The van der Waals surface area contributed by atoms with Crippen molar-refractivity contribution in [2.45, 2.75) is 50.5 Å². The summed E-state index contributed by atoms with van der Waals surface area (Å²) in [6.07, 6.45) is 6.81. The number of primary amides is 1. The highest BCUT2D eigenvalue weighted by molar-refractivity contribution is 5.98. The van der Waals surface area contributed by atoms with E-state index < -0.39 is 11.8 Å². The van der Waals surface area contributed by atoms with Crippen molar-refractivity contribution in [3.63, 3.8) is 0 Å². The maximum atomic E-state index is 13.2. The largest absolute Gasteiger partial charge is 0.366 e. The lowest BCUT2D eigenvalue weighted by atomic mass is 9.86. The van der Waals surface area contributed by atoms with Crippen LogP contribution >= 0.6 is 0 Å². The van der Waals surface area contributed by atoms with Crippen LogP contribution in [0.5, 0.6) is 0 Å². The van der Waals surface area contributed by atoms with Crippen LogP contribution in [0.15, 0.2) is 54.6 Å². The highest BCUT2D eigenvalue weighted by Crippen LogP contribution is 2.28. The van der Waals surface area contributed by atoms with Gasteiger partial charge in [-0.2, -0.15) is 0 Å². The second kappa shape index (κ2) is 8.65. The number of rotatable bonds is 5. The minimum absolute atomic E-state index is 0.0585. The first kappa shape index (κ1) is 18.2. The molecule has 0 spiro atoms. The van der Waals surface area contributed by atoms with Crippen LogP contribution in [0.1, 0.15) is 65.9 Å². The zero-order valence-corrected chi connectivity index (χ0v) is 15.0. The standard InChI is InChI=1S/C22H26N2O2/c23-21(25)19-15-9-8-14-18(19)20(16-10-4-3-5-11-16)22(26)24-17-12-6-1-2-7-13-17/h3-5,8-11,14-15,17,20H,1-2,6-7,12-13H2,(H2,23,25)(H,24,26). The molecule has 2 aromatic carbocycles. The van der Waals surface area contributed by atoms with Crippen LogP contribution < -0.4 is 11.1 Å². The molecule has 4 nitrogen and oxygen atoms in total. The van der Waals surface area contributed by atoms with E-state index in [-0.39, 0.29) is 11.9 Å². The van der Waals surface area contributed by atoms with Gasteiger partial charge in [-0.25, -0.2) is 0 Å². The van der Waals surface area contributed by atoms with Crippen molar-refractivity contribution in [3.05, 3.63) is 71.3 Å². The number of hydrogen-bond acceptors (Lipinski definition) is 2. The van der Waals surface area contributed by atoms with E-state index in [2.05, 4.69) is 5.32 Å². The van der Waals surface area contributed by atoms with Crippen molar-refractivity contribution in [2.24, 2.45) is 5.73 Å². The summed E-state index contributed by atoms with van der Waals surface area (Å²) >= 11 is 0. The van der Waals surface area contributed by atoms with Crippen LogP contribution in [0.3, 0.4) is 0 Å². The second-order valence-corrected chi connectivity index (χ2v) is 6.99. The Labute approximate surface area is 154 Å². The molecule has 1 aliphatic carbocycles. The molecule has 3 N–H and O–H groups in total. The molecule has 1 unspecified atom stereocenters. The zero-order chi connectivity index (χ0) is 18.4. The first-order valence-corrected chi connectivity index (χ1v) is 9.41. The molecule has 2 amide bonds. The zero-order valence-electron chi connectivity index (χ0n) is 15.0. The monoisotopic (exact) mass is 350 g/mol. The summed E-state index contributed by atoms with van der Waals surface area (Å²) < 4.78 is 0. The highest BCUT2D eigenvalue weighted by Gasteiger charge is 2.28. The minimum atomic E-state index is -0.539. The van der Waals surface area contributed by atoms with Crippen molar-refractivity contribution < 1.29 is 9.59 Å². The van der Waals surface area contributed by atoms with E-state index in [0.29, 0.717) is 11.1 Å². The number of amides is 2. The average Bonchev–Trinajstić information content (AvgIpc) is 2.92. The van der Waals surface area contributed by atoms with Crippen LogP contribution in [0.2, 0.25) is 0 Å². The van der Waals surface area contributed by atoms with Crippen molar-refractivity contribution in [3.8, 4) is 0 Å². The van der Waals surface area contributed by atoms with Gasteiger partial charge in [0, 0.05) is 11.6 Å². The minimum Gasteiger partial charge on any atom is -0.366 e. The first-order chi connectivity index (χ1) is 12.7. The van der Waals surface area contributed by atoms with Crippen LogP contribution in [-0.2, 0) is 4.79 Å². The van der Waals surface area contributed by atoms with Crippen molar-refractivity contribution in [1.29, 1.82) is 0 Å². The number of hydrogen-bond donors (Lipinski definition) is 2. The molecule has 136 valence electrons. The van der Waals surface area contributed by atoms with Gasteiger partial charge in [-0.15, -0.1) is 0 Å². The Kier molecular flexibility index (Phi) is 6.05. The lowest BCUT2D eigenvalue weighted by Crippen LogP contribution is -2.38. The van der Waals surface area contributed by atoms with Gasteiger partial charge < -0.3 is 11.1 Å². The summed E-state index contributed by atoms with van der Waals surface area (Å²) in [7, 11) is 0. The smallest absolute Gasteiger partial charge is 0.249 e. The van der Waals surface area contributed by atoms with Gasteiger partial charge in [-0.3, -0.25) is 9.59 Å². The van der Waals surface area contributed by atoms with Gasteiger partial charge in [0.05, 0.1) is 5.92 Å². The highest BCUT2D eigenvalue weighted by atomic mass is 16.2. The Bertz CT molecular complexity index is 750. The second-order valence-electron chi connectivity index (χ2n) is 6.99. The normalized spacial score (nSPS) is 16.5. The Morgan fingerprint density at radius 2 is 1.50 bits per heavy atom. The molecule has 1 saturated carbocycles. The quantitative estimate of drug-likeness (QED) is 0.806. The fourth-order valence-corrected chi connectivity index (χ4v) is 3.80. The summed E-state index contributed by atoms with van der Waals surface area (Å²) in [5.41, 5.74) is 7.50. The third-order valence-corrected chi connectivity index (χ3v) is 5.13. The van der Waals surface area contributed by atoms with Gasteiger partial charge in [-0.05, 0) is 30.0 Å². The van der Waals surface area contributed by atoms with E-state index >= 15 is 0 Å². The van der Waals surface area contributed by atoms with Crippen molar-refractivity contribution >= 4 is 11.8 Å². The Hall–Kier alpha value is -2.62. The summed E-state index contributed by atoms with van der Waals surface area (Å²) in [6.45, 7) is 0. The maximum Gasteiger partial charge on any atom is 0.249 e. The van der Waals surface area contributed by atoms with E-state index in [1.54, 1.807) is 12.1 Å². The van der Waals surface area contributed by atoms with E-state index in [1.807, 2.05) is 42.5 Å². The Balaban J connectivity index is 1.94. The van der Waals surface area contributed by atoms with Crippen LogP contribution in [0, 0.1) is 0 Å². The SMILES string of the molecule is NC(=O)c1ccccc1C(C(=O)NC1CCCCCC1)c1ccccc1. The average molecular weight is 350 g/mol. The summed E-state index contributed by atoms with van der Waals surface area (Å²) in [5.74, 6) is -1.11. The van der Waals surface area contributed by atoms with Gasteiger partial charge in [0.25, 0.3) is 0 Å². The molecule has 0 saturated heterocycles. The number of nitrogens with two attached hydrogens (primary N) is 1. The van der Waals surface area contributed by atoms with E-state index in [9.17, 15) is 9.59 Å². The predicted octanol–water partition coefficient (Wildman–Crippen LogP) is 3.76. The molecule has 0 radical (unpaired) electrons. The lowest BCUT2D eigenvalue weighted by Gasteiger charge is -2.23. The fourth-order valence-electron chi connectivity index (χ4n) is 3.80. The fraction of sp³-hybridized carbons (Fsp3) is 0.364. The third-order valence-electron chi connectivity index (χ3n) is 5.13. The van der Waals surface area contributed by atoms with Crippen molar-refractivity contribution in [1.82, 2.24) is 5.32 Å². The molecule has 2 aromatic rings. The van der Waals surface area contributed by atoms with Gasteiger partial charge >= 0.3 is 0 Å². The van der Waals surface area contributed by atoms with E-state index in [1.165, 1.54) is 12.8 Å². The number of nitrogens with one attached hydrogen (secondary N) is 1. The molecular weight excluding hydrogens is 324 g/mol. The van der Waals surface area contributed by atoms with Gasteiger partial charge in [0.15, 0.2) is 0 Å². The van der Waals surface area contributed by atoms with Crippen molar-refractivity contribution in [2.75, 3.05) is 0 Å². The molecule has 1 aliphatic rings. The number of benzene rings is 2. The molecule has 1 fully saturated rings. The molecule has 0 heterocycles. The summed E-state index contributed by atoms with van der Waals surface area (Å²) in [4.78, 5) is 25.1. The summed E-state index contributed by atoms with van der Waals surface area (Å²) in [5, 5.41) is 3.23. The molecule has 1 atom stereocenters. The number of carbonyl (C=O) groups is 2. The van der Waals surface area contributed by atoms with Crippen LogP contribution in [0.25, 0.3) is 0 Å². The van der Waals surface area contributed by atoms with Crippen LogP contribution in [-0.4, -0.2) is 17.9 Å². The molecule has 26 heavy (non-hydrogen) atoms. The molecule has 0 aromatic heterocycles. The molecule has 0 bridgehead atoms. The first-order valence-electron chi connectivity index (χ1n) is 9.41. The number of carbonyl (C=O) groups excluding carboxylic acids is 2. The molecular formula is C22H26N2O2. The van der Waals surface area contributed by atoms with Crippen LogP contribution in [0.4, 0.5) is 0 Å². The Morgan fingerprint density at radius 3 is 2.15 bits per heavy atom. The molecule has 4 heteroatoms. The predicted molar refractivity (Wildman–Crippen MR) is 103 cm³/mol. The van der Waals surface area contributed by atoms with E-state index in [0.717, 1.165) is 31.2 Å². The summed E-state index contributed by atoms with van der Waals surface area (Å²) in [6, 6.07) is 16.9. The van der Waals surface area contributed by atoms with Gasteiger partial charge in [0.1, 0.15) is 0 Å². The van der Waals surface area contributed by atoms with Gasteiger partial charge in [-0.1, -0.05) is 74.2 Å². The Morgan fingerprint density at radius 1 is 0.885 bits per heavy atom. The topological polar surface area (TPSA) is 72.2 Å². The van der Waals surface area contributed by atoms with E-state index in [4.69, 9.17) is 5.73 Å².